The summed E-state index contributed by atoms with van der Waals surface area (Å²) >= 11 is 0. The summed E-state index contributed by atoms with van der Waals surface area (Å²) < 4.78 is 32.3. The van der Waals surface area contributed by atoms with E-state index in [4.69, 9.17) is 4.74 Å². The predicted octanol–water partition coefficient (Wildman–Crippen LogP) is 2.83. The summed E-state index contributed by atoms with van der Waals surface area (Å²) in [7, 11) is 0. The highest BCUT2D eigenvalue weighted by Gasteiger charge is 2.37. The molecule has 2 rings (SSSR count). The quantitative estimate of drug-likeness (QED) is 0.881. The summed E-state index contributed by atoms with van der Waals surface area (Å²) in [5, 5.41) is 10.5. The number of aliphatic hydroxyl groups is 1. The molecule has 18 heavy (non-hydrogen) atoms. The first-order valence-electron chi connectivity index (χ1n) is 6.20. The zero-order valence-electron chi connectivity index (χ0n) is 10.6. The van der Waals surface area contributed by atoms with Crippen LogP contribution in [0.1, 0.15) is 32.3 Å². The average molecular weight is 256 g/mol. The first kappa shape index (κ1) is 13.4. The fourth-order valence-electron chi connectivity index (χ4n) is 2.83. The van der Waals surface area contributed by atoms with Crippen molar-refractivity contribution in [3.05, 3.63) is 35.4 Å². The highest BCUT2D eigenvalue weighted by Crippen LogP contribution is 2.32. The Morgan fingerprint density at radius 2 is 1.89 bits per heavy atom. The molecule has 2 atom stereocenters. The van der Waals surface area contributed by atoms with Crippen molar-refractivity contribution in [2.24, 2.45) is 0 Å². The maximum atomic E-state index is 13.6. The van der Waals surface area contributed by atoms with Crippen LogP contribution in [0.25, 0.3) is 0 Å². The molecule has 0 radical (unpaired) electrons. The van der Waals surface area contributed by atoms with Crippen molar-refractivity contribution in [1.29, 1.82) is 0 Å². The van der Waals surface area contributed by atoms with Gasteiger partial charge in [0.05, 0.1) is 17.8 Å². The van der Waals surface area contributed by atoms with Crippen molar-refractivity contribution in [2.75, 3.05) is 0 Å². The van der Waals surface area contributed by atoms with E-state index in [0.717, 1.165) is 6.07 Å². The normalized spacial score (nSPS) is 32.5. The summed E-state index contributed by atoms with van der Waals surface area (Å²) in [5.74, 6) is -1.73. The highest BCUT2D eigenvalue weighted by molar-refractivity contribution is 5.21. The van der Waals surface area contributed by atoms with E-state index in [2.05, 4.69) is 0 Å². The fourth-order valence-corrected chi connectivity index (χ4v) is 2.83. The van der Waals surface area contributed by atoms with Crippen LogP contribution in [0.5, 0.6) is 0 Å². The lowest BCUT2D eigenvalue weighted by molar-refractivity contribution is -0.131. The first-order valence-corrected chi connectivity index (χ1v) is 6.20. The minimum atomic E-state index is -1.02. The number of hydrogen-bond donors (Lipinski definition) is 1. The van der Waals surface area contributed by atoms with E-state index in [1.165, 1.54) is 12.1 Å². The number of hydrogen-bond acceptors (Lipinski definition) is 2. The topological polar surface area (TPSA) is 29.5 Å². The first-order chi connectivity index (χ1) is 8.39. The SMILES string of the molecule is CC1CC(O)(Cc2cccc(F)c2F)CC(C)O1. The summed E-state index contributed by atoms with van der Waals surface area (Å²) in [6, 6.07) is 4.06. The van der Waals surface area contributed by atoms with E-state index in [0.29, 0.717) is 12.8 Å². The molecule has 100 valence electrons. The van der Waals surface area contributed by atoms with Crippen molar-refractivity contribution < 1.29 is 18.6 Å². The van der Waals surface area contributed by atoms with Crippen molar-refractivity contribution in [3.8, 4) is 0 Å². The minimum Gasteiger partial charge on any atom is -0.389 e. The smallest absolute Gasteiger partial charge is 0.162 e. The van der Waals surface area contributed by atoms with Crippen LogP contribution in [0.2, 0.25) is 0 Å². The molecule has 1 aromatic carbocycles. The molecule has 0 aliphatic carbocycles. The van der Waals surface area contributed by atoms with E-state index < -0.39 is 17.2 Å². The fraction of sp³-hybridized carbons (Fsp3) is 0.571. The van der Waals surface area contributed by atoms with Gasteiger partial charge in [0, 0.05) is 19.3 Å². The van der Waals surface area contributed by atoms with Gasteiger partial charge < -0.3 is 9.84 Å². The van der Waals surface area contributed by atoms with Gasteiger partial charge in [-0.2, -0.15) is 0 Å². The Balaban J connectivity index is 2.19. The number of halogens is 2. The molecule has 1 fully saturated rings. The third-order valence-electron chi connectivity index (χ3n) is 3.35. The Labute approximate surface area is 106 Å². The van der Waals surface area contributed by atoms with Gasteiger partial charge in [-0.15, -0.1) is 0 Å². The van der Waals surface area contributed by atoms with Gasteiger partial charge >= 0.3 is 0 Å². The van der Waals surface area contributed by atoms with Crippen LogP contribution in [0.4, 0.5) is 8.78 Å². The van der Waals surface area contributed by atoms with Crippen molar-refractivity contribution in [3.63, 3.8) is 0 Å². The number of ether oxygens (including phenoxy) is 1. The molecule has 0 aromatic heterocycles. The number of rotatable bonds is 2. The Morgan fingerprint density at radius 1 is 1.28 bits per heavy atom. The molecular weight excluding hydrogens is 238 g/mol. The van der Waals surface area contributed by atoms with Gasteiger partial charge in [-0.25, -0.2) is 8.78 Å². The Morgan fingerprint density at radius 3 is 2.50 bits per heavy atom. The molecule has 0 spiro atoms. The maximum Gasteiger partial charge on any atom is 0.162 e. The molecular formula is C14H18F2O2. The summed E-state index contributed by atoms with van der Waals surface area (Å²) in [6.07, 6.45) is 0.848. The van der Waals surface area contributed by atoms with Gasteiger partial charge in [0.2, 0.25) is 0 Å². The second kappa shape index (κ2) is 4.94. The third kappa shape index (κ3) is 2.87. The van der Waals surface area contributed by atoms with E-state index in [1.807, 2.05) is 13.8 Å². The van der Waals surface area contributed by atoms with Gasteiger partial charge in [0.25, 0.3) is 0 Å². The minimum absolute atomic E-state index is 0.0737. The summed E-state index contributed by atoms with van der Waals surface area (Å²) in [4.78, 5) is 0. The largest absolute Gasteiger partial charge is 0.389 e. The Bertz CT molecular complexity index is 424. The number of benzene rings is 1. The van der Waals surface area contributed by atoms with Gasteiger partial charge in [-0.1, -0.05) is 12.1 Å². The van der Waals surface area contributed by atoms with Crippen LogP contribution in [0, 0.1) is 11.6 Å². The van der Waals surface area contributed by atoms with E-state index in [1.54, 1.807) is 0 Å². The summed E-state index contributed by atoms with van der Waals surface area (Å²) in [6.45, 7) is 3.76. The van der Waals surface area contributed by atoms with Crippen molar-refractivity contribution in [2.45, 2.75) is 50.9 Å². The second-order valence-corrected chi connectivity index (χ2v) is 5.28. The van der Waals surface area contributed by atoms with Crippen molar-refractivity contribution >= 4 is 0 Å². The van der Waals surface area contributed by atoms with E-state index >= 15 is 0 Å². The monoisotopic (exact) mass is 256 g/mol. The molecule has 1 aliphatic rings. The maximum absolute atomic E-state index is 13.6. The van der Waals surface area contributed by atoms with Crippen LogP contribution >= 0.6 is 0 Å². The lowest BCUT2D eigenvalue weighted by atomic mass is 9.82. The Hall–Kier alpha value is -1.00. The van der Waals surface area contributed by atoms with Crippen molar-refractivity contribution in [1.82, 2.24) is 0 Å². The molecule has 0 saturated carbocycles. The molecule has 0 bridgehead atoms. The molecule has 1 aliphatic heterocycles. The standard InChI is InChI=1S/C14H18F2O2/c1-9-6-14(17,7-10(2)18-9)8-11-4-3-5-12(15)13(11)16/h3-5,9-10,17H,6-8H2,1-2H3. The molecule has 4 heteroatoms. The van der Waals surface area contributed by atoms with Crippen LogP contribution < -0.4 is 0 Å². The van der Waals surface area contributed by atoms with Crippen LogP contribution in [-0.4, -0.2) is 22.9 Å². The Kier molecular flexibility index (Phi) is 3.69. The molecule has 1 N–H and O–H groups in total. The molecule has 2 nitrogen and oxygen atoms in total. The molecule has 1 heterocycles. The van der Waals surface area contributed by atoms with Gasteiger partial charge in [-0.05, 0) is 25.5 Å². The predicted molar refractivity (Wildman–Crippen MR) is 64.3 cm³/mol. The molecule has 1 saturated heterocycles. The molecule has 1 aromatic rings. The van der Waals surface area contributed by atoms with Crippen LogP contribution in [0.3, 0.4) is 0 Å². The molecule has 0 amide bonds. The highest BCUT2D eigenvalue weighted by atomic mass is 19.2. The molecule has 2 unspecified atom stereocenters. The zero-order valence-corrected chi connectivity index (χ0v) is 10.6. The lowest BCUT2D eigenvalue weighted by Gasteiger charge is -2.39. The van der Waals surface area contributed by atoms with E-state index in [-0.39, 0.29) is 24.2 Å². The average Bonchev–Trinajstić information content (AvgIpc) is 2.22. The van der Waals surface area contributed by atoms with Gasteiger partial charge in [0.15, 0.2) is 11.6 Å². The van der Waals surface area contributed by atoms with E-state index in [9.17, 15) is 13.9 Å². The van der Waals surface area contributed by atoms with Gasteiger partial charge in [0.1, 0.15) is 0 Å². The van der Waals surface area contributed by atoms with Gasteiger partial charge in [-0.3, -0.25) is 0 Å². The van der Waals surface area contributed by atoms with Crippen LogP contribution in [0.15, 0.2) is 18.2 Å². The third-order valence-corrected chi connectivity index (χ3v) is 3.35. The summed E-state index contributed by atoms with van der Waals surface area (Å²) in [5.41, 5.74) is -0.801. The lowest BCUT2D eigenvalue weighted by Crippen LogP contribution is -2.45. The van der Waals surface area contributed by atoms with Crippen LogP contribution in [-0.2, 0) is 11.2 Å². The zero-order chi connectivity index (χ0) is 13.3. The second-order valence-electron chi connectivity index (χ2n) is 5.28.